The zero-order valence-electron chi connectivity index (χ0n) is 14.9. The summed E-state index contributed by atoms with van der Waals surface area (Å²) in [6, 6.07) is 16.7. The molecule has 0 spiro atoms. The van der Waals surface area contributed by atoms with Gasteiger partial charge in [-0.05, 0) is 23.6 Å². The molecule has 4 rings (SSSR count). The lowest BCUT2D eigenvalue weighted by Gasteiger charge is -2.32. The van der Waals surface area contributed by atoms with Crippen LogP contribution in [-0.4, -0.2) is 29.7 Å². The Hall–Kier alpha value is -3.21. The summed E-state index contributed by atoms with van der Waals surface area (Å²) in [6.45, 7) is 1.04. The van der Waals surface area contributed by atoms with Gasteiger partial charge in [-0.25, -0.2) is 0 Å². The van der Waals surface area contributed by atoms with Gasteiger partial charge in [-0.2, -0.15) is 4.73 Å². The van der Waals surface area contributed by atoms with E-state index < -0.39 is 0 Å². The molecule has 27 heavy (non-hydrogen) atoms. The quantitative estimate of drug-likeness (QED) is 0.409. The van der Waals surface area contributed by atoms with Crippen LogP contribution in [0, 0.1) is 11.1 Å². The number of carbonyl (C=O) groups excluding carboxylic acids is 2. The second-order valence-electron chi connectivity index (χ2n) is 6.93. The number of hydrogen-bond donors (Lipinski definition) is 0. The van der Waals surface area contributed by atoms with Crippen LogP contribution < -0.4 is 4.73 Å². The van der Waals surface area contributed by atoms with Crippen molar-refractivity contribution in [2.24, 2.45) is 5.92 Å². The molecular formula is C22H20N2O3. The van der Waals surface area contributed by atoms with Crippen molar-refractivity contribution in [2.45, 2.75) is 12.8 Å². The van der Waals surface area contributed by atoms with Crippen LogP contribution in [0.15, 0.2) is 67.0 Å². The predicted molar refractivity (Wildman–Crippen MR) is 102 cm³/mol. The maximum atomic E-state index is 13.2. The molecule has 1 unspecified atom stereocenters. The number of piperidine rings is 1. The van der Waals surface area contributed by atoms with Crippen LogP contribution in [0.1, 0.15) is 33.6 Å². The van der Waals surface area contributed by atoms with E-state index in [4.69, 9.17) is 0 Å². The number of carbonyl (C=O) groups is 2. The van der Waals surface area contributed by atoms with Gasteiger partial charge in [-0.3, -0.25) is 9.59 Å². The summed E-state index contributed by atoms with van der Waals surface area (Å²) >= 11 is 0. The first kappa shape index (κ1) is 17.2. The van der Waals surface area contributed by atoms with E-state index in [1.807, 2.05) is 42.5 Å². The van der Waals surface area contributed by atoms with E-state index in [0.717, 1.165) is 29.2 Å². The van der Waals surface area contributed by atoms with E-state index >= 15 is 0 Å². The third kappa shape index (κ3) is 3.40. The van der Waals surface area contributed by atoms with Crippen LogP contribution >= 0.6 is 0 Å². The molecular weight excluding hydrogens is 340 g/mol. The lowest BCUT2D eigenvalue weighted by atomic mass is 9.87. The molecule has 1 fully saturated rings. The summed E-state index contributed by atoms with van der Waals surface area (Å²) in [6.07, 6.45) is 4.20. The van der Waals surface area contributed by atoms with Gasteiger partial charge in [0.05, 0.1) is 5.56 Å². The van der Waals surface area contributed by atoms with Gasteiger partial charge in [0.25, 0.3) is 5.91 Å². The van der Waals surface area contributed by atoms with Gasteiger partial charge >= 0.3 is 0 Å². The standard InChI is InChI=1S/C22H20N2O3/c25-21(20-9-3-6-16-5-1-2-8-19(16)20)18-7-4-12-23(15-18)22(26)17-10-13-24(27)14-11-17/h1-3,5-6,8-11,13-14,18H,4,7,12,15H2. The molecule has 1 aliphatic heterocycles. The first-order chi connectivity index (χ1) is 13.1. The van der Waals surface area contributed by atoms with Gasteiger partial charge < -0.3 is 10.1 Å². The number of nitrogens with zero attached hydrogens (tertiary/aromatic N) is 2. The third-order valence-electron chi connectivity index (χ3n) is 5.18. The fourth-order valence-corrected chi connectivity index (χ4v) is 3.77. The van der Waals surface area contributed by atoms with Crippen molar-refractivity contribution in [3.8, 4) is 0 Å². The van der Waals surface area contributed by atoms with Crippen molar-refractivity contribution in [3.05, 3.63) is 83.3 Å². The van der Waals surface area contributed by atoms with Gasteiger partial charge in [0, 0.05) is 36.7 Å². The van der Waals surface area contributed by atoms with Crippen LogP contribution in [0.2, 0.25) is 0 Å². The summed E-state index contributed by atoms with van der Waals surface area (Å²) in [7, 11) is 0. The summed E-state index contributed by atoms with van der Waals surface area (Å²) < 4.78 is 0.653. The molecule has 5 heteroatoms. The topological polar surface area (TPSA) is 64.3 Å². The second-order valence-corrected chi connectivity index (χ2v) is 6.93. The smallest absolute Gasteiger partial charge is 0.254 e. The molecule has 1 aromatic heterocycles. The Labute approximate surface area is 157 Å². The van der Waals surface area contributed by atoms with E-state index in [2.05, 4.69) is 0 Å². The van der Waals surface area contributed by atoms with Crippen molar-refractivity contribution in [2.75, 3.05) is 13.1 Å². The van der Waals surface area contributed by atoms with Crippen LogP contribution in [0.25, 0.3) is 10.8 Å². The number of fused-ring (bicyclic) bond motifs is 1. The average molecular weight is 360 g/mol. The van der Waals surface area contributed by atoms with Gasteiger partial charge in [-0.15, -0.1) is 0 Å². The van der Waals surface area contributed by atoms with Crippen LogP contribution in [0.3, 0.4) is 0 Å². The summed E-state index contributed by atoms with van der Waals surface area (Å²) in [4.78, 5) is 27.6. The summed E-state index contributed by atoms with van der Waals surface area (Å²) in [5.74, 6) is -0.248. The Morgan fingerprint density at radius 3 is 2.56 bits per heavy atom. The van der Waals surface area contributed by atoms with Crippen LogP contribution in [0.4, 0.5) is 0 Å². The first-order valence-corrected chi connectivity index (χ1v) is 9.13. The van der Waals surface area contributed by atoms with Crippen LogP contribution in [0.5, 0.6) is 0 Å². The molecule has 0 bridgehead atoms. The highest BCUT2D eigenvalue weighted by molar-refractivity contribution is 6.09. The number of benzene rings is 2. The molecule has 2 heterocycles. The molecule has 1 amide bonds. The van der Waals surface area contributed by atoms with E-state index in [1.54, 1.807) is 4.90 Å². The van der Waals surface area contributed by atoms with Crippen molar-refractivity contribution in [3.63, 3.8) is 0 Å². The molecule has 3 aromatic rings. The number of aromatic nitrogens is 1. The van der Waals surface area contributed by atoms with Gasteiger partial charge in [-0.1, -0.05) is 42.5 Å². The lowest BCUT2D eigenvalue weighted by molar-refractivity contribution is -0.605. The van der Waals surface area contributed by atoms with Gasteiger partial charge in [0.2, 0.25) is 0 Å². The zero-order valence-corrected chi connectivity index (χ0v) is 14.9. The predicted octanol–water partition coefficient (Wildman–Crippen LogP) is 3.21. The Balaban J connectivity index is 1.56. The van der Waals surface area contributed by atoms with Crippen LogP contribution in [-0.2, 0) is 0 Å². The SMILES string of the molecule is O=C(c1cccc2ccccc12)C1CCCN(C(=O)c2cc[n+]([O-])cc2)C1. The number of likely N-dealkylation sites (tertiary alicyclic amines) is 1. The van der Waals surface area contributed by atoms with E-state index in [-0.39, 0.29) is 17.6 Å². The van der Waals surface area contributed by atoms with Crippen molar-refractivity contribution < 1.29 is 14.3 Å². The highest BCUT2D eigenvalue weighted by atomic mass is 16.5. The molecule has 0 aliphatic carbocycles. The lowest BCUT2D eigenvalue weighted by Crippen LogP contribution is -2.42. The first-order valence-electron chi connectivity index (χ1n) is 9.13. The third-order valence-corrected chi connectivity index (χ3v) is 5.18. The Morgan fingerprint density at radius 1 is 1.00 bits per heavy atom. The molecule has 1 aliphatic rings. The number of pyridine rings is 1. The minimum Gasteiger partial charge on any atom is -0.619 e. The molecule has 1 saturated heterocycles. The van der Waals surface area contributed by atoms with E-state index in [1.165, 1.54) is 24.5 Å². The average Bonchev–Trinajstić information content (AvgIpc) is 2.73. The Bertz CT molecular complexity index is 993. The van der Waals surface area contributed by atoms with Gasteiger partial charge in [0.15, 0.2) is 18.2 Å². The fourth-order valence-electron chi connectivity index (χ4n) is 3.77. The molecule has 5 nitrogen and oxygen atoms in total. The van der Waals surface area contributed by atoms with Crippen molar-refractivity contribution >= 4 is 22.5 Å². The molecule has 0 saturated carbocycles. The minimum absolute atomic E-state index is 0.0924. The highest BCUT2D eigenvalue weighted by Crippen LogP contribution is 2.26. The maximum Gasteiger partial charge on any atom is 0.254 e. The number of amides is 1. The summed E-state index contributed by atoms with van der Waals surface area (Å²) in [5.41, 5.74) is 1.19. The maximum absolute atomic E-state index is 13.2. The largest absolute Gasteiger partial charge is 0.619 e. The van der Waals surface area contributed by atoms with Crippen molar-refractivity contribution in [1.82, 2.24) is 4.90 Å². The normalized spacial score (nSPS) is 17.0. The molecule has 0 N–H and O–H groups in total. The molecule has 0 radical (unpaired) electrons. The Kier molecular flexibility index (Phi) is 4.59. The Morgan fingerprint density at radius 2 is 1.74 bits per heavy atom. The zero-order chi connectivity index (χ0) is 18.8. The minimum atomic E-state index is -0.207. The van der Waals surface area contributed by atoms with E-state index in [0.29, 0.717) is 23.4 Å². The fraction of sp³-hybridized carbons (Fsp3) is 0.227. The second kappa shape index (κ2) is 7.19. The summed E-state index contributed by atoms with van der Waals surface area (Å²) in [5, 5.41) is 13.2. The molecule has 2 aromatic carbocycles. The number of rotatable bonds is 3. The number of ketones is 1. The van der Waals surface area contributed by atoms with Crippen molar-refractivity contribution in [1.29, 1.82) is 0 Å². The van der Waals surface area contributed by atoms with E-state index in [9.17, 15) is 14.8 Å². The molecule has 136 valence electrons. The number of Topliss-reactive ketones (excluding diaryl/α,β-unsaturated/α-hetero) is 1. The number of hydrogen-bond acceptors (Lipinski definition) is 3. The highest BCUT2D eigenvalue weighted by Gasteiger charge is 2.30. The monoisotopic (exact) mass is 360 g/mol. The molecule has 1 atom stereocenters. The van der Waals surface area contributed by atoms with Gasteiger partial charge in [0.1, 0.15) is 0 Å².